The SMILES string of the molecule is Cc1cccc(-c2[nH]n3c(=O)cc(COc4ccccn4)nc3c2C)c1. The van der Waals surface area contributed by atoms with Gasteiger partial charge in [-0.1, -0.05) is 29.8 Å². The van der Waals surface area contributed by atoms with Gasteiger partial charge in [0.25, 0.3) is 5.56 Å². The third-order valence-electron chi connectivity index (χ3n) is 4.22. The first-order valence-corrected chi connectivity index (χ1v) is 8.34. The number of aryl methyl sites for hydroxylation is 2. The summed E-state index contributed by atoms with van der Waals surface area (Å²) < 4.78 is 7.08. The summed E-state index contributed by atoms with van der Waals surface area (Å²) in [6.07, 6.45) is 1.66. The van der Waals surface area contributed by atoms with Gasteiger partial charge >= 0.3 is 0 Å². The average Bonchev–Trinajstić information content (AvgIpc) is 2.98. The zero-order valence-electron chi connectivity index (χ0n) is 14.6. The maximum absolute atomic E-state index is 12.5. The highest BCUT2D eigenvalue weighted by molar-refractivity contribution is 5.70. The molecule has 1 aromatic carbocycles. The van der Waals surface area contributed by atoms with Crippen molar-refractivity contribution < 1.29 is 4.74 Å². The van der Waals surface area contributed by atoms with Crippen molar-refractivity contribution in [2.45, 2.75) is 20.5 Å². The molecule has 0 aliphatic heterocycles. The Balaban J connectivity index is 1.73. The molecule has 1 N–H and O–H groups in total. The molecule has 3 heterocycles. The van der Waals surface area contributed by atoms with Crippen LogP contribution in [0, 0.1) is 13.8 Å². The van der Waals surface area contributed by atoms with E-state index in [-0.39, 0.29) is 12.2 Å². The maximum Gasteiger partial charge on any atom is 0.273 e. The quantitative estimate of drug-likeness (QED) is 0.615. The van der Waals surface area contributed by atoms with Crippen molar-refractivity contribution in [2.75, 3.05) is 0 Å². The summed E-state index contributed by atoms with van der Waals surface area (Å²) in [6, 6.07) is 15.0. The molecule has 0 saturated heterocycles. The number of nitrogens with zero attached hydrogens (tertiary/aromatic N) is 3. The van der Waals surface area contributed by atoms with E-state index in [1.165, 1.54) is 10.6 Å². The average molecular weight is 346 g/mol. The molecule has 4 rings (SSSR count). The largest absolute Gasteiger partial charge is 0.471 e. The fourth-order valence-corrected chi connectivity index (χ4v) is 2.93. The topological polar surface area (TPSA) is 72.3 Å². The second kappa shape index (κ2) is 6.48. The van der Waals surface area contributed by atoms with Crippen molar-refractivity contribution in [3.05, 3.63) is 81.9 Å². The standard InChI is InChI=1S/C20H18N4O2/c1-13-6-5-7-15(10-13)19-14(2)20-22-16(11-18(25)24(20)23-19)12-26-17-8-3-4-9-21-17/h3-11,23H,12H2,1-2H3. The third kappa shape index (κ3) is 2.97. The van der Waals surface area contributed by atoms with E-state index in [4.69, 9.17) is 4.74 Å². The van der Waals surface area contributed by atoms with Crippen molar-refractivity contribution >= 4 is 5.65 Å². The van der Waals surface area contributed by atoms with Gasteiger partial charge < -0.3 is 4.74 Å². The van der Waals surface area contributed by atoms with Crippen LogP contribution in [0.5, 0.6) is 5.88 Å². The number of rotatable bonds is 4. The van der Waals surface area contributed by atoms with Crippen LogP contribution in [-0.2, 0) is 6.61 Å². The minimum absolute atomic E-state index is 0.170. The van der Waals surface area contributed by atoms with Crippen LogP contribution in [-0.4, -0.2) is 19.6 Å². The number of hydrogen-bond acceptors (Lipinski definition) is 4. The van der Waals surface area contributed by atoms with E-state index in [1.54, 1.807) is 12.3 Å². The predicted molar refractivity (Wildman–Crippen MR) is 99.3 cm³/mol. The van der Waals surface area contributed by atoms with Gasteiger partial charge in [-0.25, -0.2) is 14.5 Å². The fourth-order valence-electron chi connectivity index (χ4n) is 2.93. The Labute approximate surface area is 150 Å². The number of benzene rings is 1. The molecule has 4 aromatic rings. The number of H-pyrrole nitrogens is 1. The molecular formula is C20H18N4O2. The first-order chi connectivity index (χ1) is 12.6. The van der Waals surface area contributed by atoms with Crippen molar-refractivity contribution in [3.63, 3.8) is 0 Å². The molecular weight excluding hydrogens is 328 g/mol. The molecule has 0 radical (unpaired) electrons. The molecule has 0 bridgehead atoms. The summed E-state index contributed by atoms with van der Waals surface area (Å²) in [5.74, 6) is 0.501. The number of pyridine rings is 1. The smallest absolute Gasteiger partial charge is 0.273 e. The van der Waals surface area contributed by atoms with Crippen LogP contribution in [0.25, 0.3) is 16.9 Å². The van der Waals surface area contributed by atoms with Crippen molar-refractivity contribution in [1.82, 2.24) is 19.6 Å². The van der Waals surface area contributed by atoms with Crippen LogP contribution in [0.3, 0.4) is 0 Å². The Hall–Kier alpha value is -3.41. The van der Waals surface area contributed by atoms with Crippen LogP contribution < -0.4 is 10.3 Å². The second-order valence-corrected chi connectivity index (χ2v) is 6.18. The number of nitrogens with one attached hydrogen (secondary N) is 1. The van der Waals surface area contributed by atoms with Crippen LogP contribution in [0.4, 0.5) is 0 Å². The van der Waals surface area contributed by atoms with E-state index in [0.717, 1.165) is 22.4 Å². The summed E-state index contributed by atoms with van der Waals surface area (Å²) in [5.41, 5.74) is 5.00. The molecule has 0 saturated carbocycles. The molecule has 0 aliphatic carbocycles. The molecule has 130 valence electrons. The maximum atomic E-state index is 12.5. The van der Waals surface area contributed by atoms with Gasteiger partial charge in [-0.05, 0) is 26.0 Å². The van der Waals surface area contributed by atoms with Gasteiger partial charge in [0.1, 0.15) is 6.61 Å². The van der Waals surface area contributed by atoms with E-state index in [1.807, 2.05) is 44.2 Å². The Morgan fingerprint density at radius 1 is 1.12 bits per heavy atom. The van der Waals surface area contributed by atoms with Crippen molar-refractivity contribution in [3.8, 4) is 17.1 Å². The molecule has 6 nitrogen and oxygen atoms in total. The van der Waals surface area contributed by atoms with Crippen LogP contribution >= 0.6 is 0 Å². The summed E-state index contributed by atoms with van der Waals surface area (Å²) in [4.78, 5) is 21.2. The summed E-state index contributed by atoms with van der Waals surface area (Å²) in [5, 5.41) is 3.17. The summed E-state index contributed by atoms with van der Waals surface area (Å²) in [7, 11) is 0. The Morgan fingerprint density at radius 2 is 2.00 bits per heavy atom. The molecule has 0 spiro atoms. The zero-order valence-corrected chi connectivity index (χ0v) is 14.6. The number of hydrogen-bond donors (Lipinski definition) is 1. The molecule has 6 heteroatoms. The lowest BCUT2D eigenvalue weighted by molar-refractivity contribution is 0.289. The highest BCUT2D eigenvalue weighted by Crippen LogP contribution is 2.24. The molecule has 26 heavy (non-hydrogen) atoms. The Kier molecular flexibility index (Phi) is 4.01. The molecule has 0 atom stereocenters. The van der Waals surface area contributed by atoms with Gasteiger partial charge in [-0.3, -0.25) is 9.89 Å². The normalized spacial score (nSPS) is 11.0. The van der Waals surface area contributed by atoms with Gasteiger partial charge in [0.2, 0.25) is 5.88 Å². The first kappa shape index (κ1) is 16.1. The van der Waals surface area contributed by atoms with Crippen LogP contribution in [0.2, 0.25) is 0 Å². The minimum Gasteiger partial charge on any atom is -0.471 e. The fraction of sp³-hybridized carbons (Fsp3) is 0.150. The highest BCUT2D eigenvalue weighted by Gasteiger charge is 2.14. The first-order valence-electron chi connectivity index (χ1n) is 8.34. The van der Waals surface area contributed by atoms with Gasteiger partial charge in [0.15, 0.2) is 5.65 Å². The van der Waals surface area contributed by atoms with Crippen LogP contribution in [0.15, 0.2) is 59.5 Å². The number of aromatic amines is 1. The van der Waals surface area contributed by atoms with E-state index < -0.39 is 0 Å². The number of fused-ring (bicyclic) bond motifs is 1. The van der Waals surface area contributed by atoms with Gasteiger partial charge in [-0.15, -0.1) is 0 Å². The van der Waals surface area contributed by atoms with Crippen molar-refractivity contribution in [1.29, 1.82) is 0 Å². The Bertz CT molecular complexity index is 1130. The van der Waals surface area contributed by atoms with E-state index in [2.05, 4.69) is 21.1 Å². The number of ether oxygens (including phenoxy) is 1. The van der Waals surface area contributed by atoms with Gasteiger partial charge in [0.05, 0.1) is 11.4 Å². The zero-order chi connectivity index (χ0) is 18.1. The van der Waals surface area contributed by atoms with Gasteiger partial charge in [0, 0.05) is 29.5 Å². The summed E-state index contributed by atoms with van der Waals surface area (Å²) in [6.45, 7) is 4.19. The highest BCUT2D eigenvalue weighted by atomic mass is 16.5. The van der Waals surface area contributed by atoms with E-state index in [9.17, 15) is 4.79 Å². The lowest BCUT2D eigenvalue weighted by Gasteiger charge is -2.04. The van der Waals surface area contributed by atoms with Gasteiger partial charge in [-0.2, -0.15) is 0 Å². The van der Waals surface area contributed by atoms with Crippen LogP contribution in [0.1, 0.15) is 16.8 Å². The lowest BCUT2D eigenvalue weighted by Crippen LogP contribution is -2.16. The molecule has 0 unspecified atom stereocenters. The monoisotopic (exact) mass is 346 g/mol. The molecule has 0 fully saturated rings. The van der Waals surface area contributed by atoms with E-state index in [0.29, 0.717) is 17.2 Å². The Morgan fingerprint density at radius 3 is 2.77 bits per heavy atom. The van der Waals surface area contributed by atoms with E-state index >= 15 is 0 Å². The molecule has 0 aliphatic rings. The summed E-state index contributed by atoms with van der Waals surface area (Å²) >= 11 is 0. The lowest BCUT2D eigenvalue weighted by atomic mass is 10.1. The molecule has 0 amide bonds. The molecule has 3 aromatic heterocycles. The minimum atomic E-state index is -0.170. The predicted octanol–water partition coefficient (Wildman–Crippen LogP) is 3.28. The number of aromatic nitrogens is 4. The third-order valence-corrected chi connectivity index (χ3v) is 4.22. The second-order valence-electron chi connectivity index (χ2n) is 6.18. The van der Waals surface area contributed by atoms with Crippen molar-refractivity contribution in [2.24, 2.45) is 0 Å².